The molecule has 0 radical (unpaired) electrons. The highest BCUT2D eigenvalue weighted by molar-refractivity contribution is 5.88. The van der Waals surface area contributed by atoms with Gasteiger partial charge >= 0.3 is 5.97 Å². The van der Waals surface area contributed by atoms with Gasteiger partial charge in [-0.25, -0.2) is 4.79 Å². The van der Waals surface area contributed by atoms with Crippen molar-refractivity contribution in [2.75, 3.05) is 19.7 Å². The van der Waals surface area contributed by atoms with Crippen molar-refractivity contribution in [1.82, 2.24) is 10.2 Å². The largest absolute Gasteiger partial charge is 0.494 e. The predicted octanol–water partition coefficient (Wildman–Crippen LogP) is 2.74. The molecule has 1 aliphatic heterocycles. The molecule has 1 aliphatic rings. The summed E-state index contributed by atoms with van der Waals surface area (Å²) in [5.74, 6) is -0.943. The highest BCUT2D eigenvalue weighted by Crippen LogP contribution is 2.32. The molecule has 1 fully saturated rings. The van der Waals surface area contributed by atoms with E-state index in [1.807, 2.05) is 61.5 Å². The lowest BCUT2D eigenvalue weighted by molar-refractivity contribution is -0.148. The van der Waals surface area contributed by atoms with Crippen LogP contribution >= 0.6 is 0 Å². The Morgan fingerprint density at radius 1 is 1.13 bits per heavy atom. The minimum Gasteiger partial charge on any atom is -0.494 e. The van der Waals surface area contributed by atoms with Gasteiger partial charge in [0.25, 0.3) is 0 Å². The number of likely N-dealkylation sites (tertiary alicyclic amines) is 1. The molecule has 2 N–H and O–H groups in total. The maximum Gasteiger partial charge on any atom is 0.326 e. The van der Waals surface area contributed by atoms with Crippen LogP contribution in [-0.4, -0.2) is 53.5 Å². The number of carbonyl (C=O) groups excluding carboxylic acids is 2. The van der Waals surface area contributed by atoms with Gasteiger partial charge in [-0.05, 0) is 37.5 Å². The summed E-state index contributed by atoms with van der Waals surface area (Å²) in [5.41, 5.74) is 2.13. The molecule has 2 atom stereocenters. The molecule has 7 nitrogen and oxygen atoms in total. The Balaban J connectivity index is 1.45. The lowest BCUT2D eigenvalue weighted by atomic mass is 9.95. The first-order valence-corrected chi connectivity index (χ1v) is 10.5. The predicted molar refractivity (Wildman–Crippen MR) is 116 cm³/mol. The number of benzene rings is 2. The number of hydrogen-bond donors (Lipinski definition) is 2. The van der Waals surface area contributed by atoms with Crippen molar-refractivity contribution < 1.29 is 24.2 Å². The van der Waals surface area contributed by atoms with E-state index in [2.05, 4.69) is 5.32 Å². The second-order valence-electron chi connectivity index (χ2n) is 7.79. The summed E-state index contributed by atoms with van der Waals surface area (Å²) in [4.78, 5) is 37.8. The molecule has 0 aromatic heterocycles. The van der Waals surface area contributed by atoms with Gasteiger partial charge in [0.15, 0.2) is 0 Å². The fourth-order valence-electron chi connectivity index (χ4n) is 3.81. The average Bonchev–Trinajstić information content (AvgIpc) is 3.22. The van der Waals surface area contributed by atoms with Crippen LogP contribution in [0.15, 0.2) is 54.6 Å². The average molecular weight is 424 g/mol. The van der Waals surface area contributed by atoms with Crippen molar-refractivity contribution in [2.45, 2.75) is 38.1 Å². The van der Waals surface area contributed by atoms with Crippen molar-refractivity contribution in [3.63, 3.8) is 0 Å². The molecule has 0 bridgehead atoms. The molecular formula is C24H28N2O5. The molecule has 1 unspecified atom stereocenters. The number of carboxylic acids is 1. The Hall–Kier alpha value is -3.35. The highest BCUT2D eigenvalue weighted by atomic mass is 16.5. The van der Waals surface area contributed by atoms with Gasteiger partial charge in [-0.2, -0.15) is 0 Å². The van der Waals surface area contributed by atoms with Crippen molar-refractivity contribution in [3.05, 3.63) is 65.7 Å². The number of aryl methyl sites for hydroxylation is 1. The van der Waals surface area contributed by atoms with Gasteiger partial charge in [-0.3, -0.25) is 9.59 Å². The summed E-state index contributed by atoms with van der Waals surface area (Å²) < 4.78 is 5.55. The highest BCUT2D eigenvalue weighted by Gasteiger charge is 2.40. The van der Waals surface area contributed by atoms with Crippen LogP contribution in [-0.2, 0) is 14.4 Å². The maximum atomic E-state index is 12.6. The third kappa shape index (κ3) is 6.31. The van der Waals surface area contributed by atoms with E-state index < -0.39 is 12.0 Å². The number of nitrogens with one attached hydrogen (secondary N) is 1. The Morgan fingerprint density at radius 3 is 2.61 bits per heavy atom. The monoisotopic (exact) mass is 424 g/mol. The van der Waals surface area contributed by atoms with Gasteiger partial charge in [-0.1, -0.05) is 48.0 Å². The van der Waals surface area contributed by atoms with Gasteiger partial charge in [0.2, 0.25) is 11.8 Å². The summed E-state index contributed by atoms with van der Waals surface area (Å²) in [7, 11) is 0. The number of aliphatic carboxylic acids is 1. The third-order valence-electron chi connectivity index (χ3n) is 5.42. The SMILES string of the molecule is Cc1cccc(C2C[C@H](C(=O)O)N(C(=O)CNC(=O)CCCOc3ccccc3)C2)c1. The van der Waals surface area contributed by atoms with Gasteiger partial charge in [-0.15, -0.1) is 0 Å². The molecule has 2 aromatic rings. The molecule has 0 spiro atoms. The number of carboxylic acid groups (broad SMARTS) is 1. The third-order valence-corrected chi connectivity index (χ3v) is 5.42. The Labute approximate surface area is 182 Å². The van der Waals surface area contributed by atoms with Gasteiger partial charge < -0.3 is 20.1 Å². The second-order valence-corrected chi connectivity index (χ2v) is 7.79. The first-order valence-electron chi connectivity index (χ1n) is 10.5. The van der Waals surface area contributed by atoms with E-state index in [4.69, 9.17) is 4.74 Å². The van der Waals surface area contributed by atoms with E-state index in [0.717, 1.165) is 16.9 Å². The maximum absolute atomic E-state index is 12.6. The lowest BCUT2D eigenvalue weighted by Gasteiger charge is -2.21. The molecule has 0 aliphatic carbocycles. The zero-order valence-electron chi connectivity index (χ0n) is 17.6. The van der Waals surface area contributed by atoms with Crippen LogP contribution in [0.5, 0.6) is 5.75 Å². The Morgan fingerprint density at radius 2 is 1.90 bits per heavy atom. The number of hydrogen-bond acceptors (Lipinski definition) is 4. The number of nitrogens with zero attached hydrogens (tertiary/aromatic N) is 1. The lowest BCUT2D eigenvalue weighted by Crippen LogP contribution is -2.45. The molecule has 164 valence electrons. The normalized spacial score (nSPS) is 17.9. The minimum atomic E-state index is -1.02. The molecule has 2 aromatic carbocycles. The van der Waals surface area contributed by atoms with Crippen molar-refractivity contribution in [1.29, 1.82) is 0 Å². The minimum absolute atomic E-state index is 0.0317. The summed E-state index contributed by atoms with van der Waals surface area (Å²) in [6, 6.07) is 16.4. The molecule has 0 saturated carbocycles. The molecule has 2 amide bonds. The topological polar surface area (TPSA) is 95.9 Å². The fourth-order valence-corrected chi connectivity index (χ4v) is 3.81. The van der Waals surface area contributed by atoms with E-state index in [0.29, 0.717) is 26.0 Å². The van der Waals surface area contributed by atoms with Crippen LogP contribution in [0.4, 0.5) is 0 Å². The van der Waals surface area contributed by atoms with E-state index in [1.165, 1.54) is 4.90 Å². The van der Waals surface area contributed by atoms with Crippen molar-refractivity contribution >= 4 is 17.8 Å². The summed E-state index contributed by atoms with van der Waals surface area (Å²) in [6.45, 7) is 2.51. The summed E-state index contributed by atoms with van der Waals surface area (Å²) in [5, 5.41) is 12.2. The van der Waals surface area contributed by atoms with Crippen LogP contribution < -0.4 is 10.1 Å². The van der Waals surface area contributed by atoms with Crippen LogP contribution in [0.25, 0.3) is 0 Å². The van der Waals surface area contributed by atoms with Crippen molar-refractivity contribution in [3.8, 4) is 5.75 Å². The molecule has 1 saturated heterocycles. The zero-order chi connectivity index (χ0) is 22.2. The number of amides is 2. The van der Waals surface area contributed by atoms with Crippen LogP contribution in [0.1, 0.15) is 36.3 Å². The second kappa shape index (κ2) is 10.6. The number of para-hydroxylation sites is 1. The van der Waals surface area contributed by atoms with E-state index in [1.54, 1.807) is 0 Å². The standard InChI is InChI=1S/C24H28N2O5/c1-17-7-5-8-18(13-17)19-14-21(24(29)30)26(16-19)23(28)15-25-22(27)11-6-12-31-20-9-3-2-4-10-20/h2-5,7-10,13,19,21H,6,11-12,14-16H2,1H3,(H,25,27)(H,29,30)/t19?,21-/m1/s1. The van der Waals surface area contributed by atoms with E-state index in [9.17, 15) is 19.5 Å². The summed E-state index contributed by atoms with van der Waals surface area (Å²) >= 11 is 0. The molecule has 3 rings (SSSR count). The summed E-state index contributed by atoms with van der Waals surface area (Å²) in [6.07, 6.45) is 1.12. The molecule has 7 heteroatoms. The van der Waals surface area contributed by atoms with Crippen molar-refractivity contribution in [2.24, 2.45) is 0 Å². The fraction of sp³-hybridized carbons (Fsp3) is 0.375. The molecule has 31 heavy (non-hydrogen) atoms. The van der Waals surface area contributed by atoms with Crippen LogP contribution in [0.3, 0.4) is 0 Å². The number of ether oxygens (including phenoxy) is 1. The first kappa shape index (κ1) is 22.3. The quantitative estimate of drug-likeness (QED) is 0.604. The molecule has 1 heterocycles. The van der Waals surface area contributed by atoms with Crippen LogP contribution in [0, 0.1) is 6.92 Å². The van der Waals surface area contributed by atoms with Gasteiger partial charge in [0, 0.05) is 18.9 Å². The Kier molecular flexibility index (Phi) is 7.65. The smallest absolute Gasteiger partial charge is 0.326 e. The number of carbonyl (C=O) groups is 3. The number of rotatable bonds is 9. The zero-order valence-corrected chi connectivity index (χ0v) is 17.6. The van der Waals surface area contributed by atoms with Gasteiger partial charge in [0.05, 0.1) is 13.2 Å². The van der Waals surface area contributed by atoms with Gasteiger partial charge in [0.1, 0.15) is 11.8 Å². The van der Waals surface area contributed by atoms with E-state index >= 15 is 0 Å². The Bertz CT molecular complexity index is 915. The van der Waals surface area contributed by atoms with Crippen LogP contribution in [0.2, 0.25) is 0 Å². The van der Waals surface area contributed by atoms with E-state index in [-0.39, 0.29) is 30.7 Å². The molecular weight excluding hydrogens is 396 g/mol. The first-order chi connectivity index (χ1) is 14.9.